The number of hydrogen-bond acceptors (Lipinski definition) is 9. The molecule has 1 aromatic heterocycles. The van der Waals surface area contributed by atoms with E-state index in [0.717, 1.165) is 31.2 Å². The first-order chi connectivity index (χ1) is 23.5. The lowest BCUT2D eigenvalue weighted by atomic mass is 10.0. The van der Waals surface area contributed by atoms with Crippen LogP contribution in [0.2, 0.25) is 0 Å². The summed E-state index contributed by atoms with van der Waals surface area (Å²) >= 11 is 0. The van der Waals surface area contributed by atoms with Crippen molar-refractivity contribution in [3.63, 3.8) is 0 Å². The van der Waals surface area contributed by atoms with E-state index in [0.29, 0.717) is 23.9 Å². The van der Waals surface area contributed by atoms with E-state index in [1.165, 1.54) is 20.8 Å². The Labute approximate surface area is 284 Å². The van der Waals surface area contributed by atoms with Gasteiger partial charge in [-0.25, -0.2) is 9.78 Å². The number of carbonyl (C=O) groups excluding carboxylic acids is 5. The van der Waals surface area contributed by atoms with E-state index in [-0.39, 0.29) is 81.5 Å². The van der Waals surface area contributed by atoms with Gasteiger partial charge in [-0.05, 0) is 57.2 Å². The largest absolute Gasteiger partial charge is 0.483 e. The number of hydrogen-bond donors (Lipinski definition) is 3. The summed E-state index contributed by atoms with van der Waals surface area (Å²) in [5, 5.41) is 15.6. The Morgan fingerprint density at radius 2 is 1.69 bits per heavy atom. The quantitative estimate of drug-likeness (QED) is 0.299. The molecule has 15 nitrogen and oxygen atoms in total. The van der Waals surface area contributed by atoms with Crippen molar-refractivity contribution in [2.45, 2.75) is 76.9 Å². The van der Waals surface area contributed by atoms with Crippen LogP contribution in [0.4, 0.5) is 4.79 Å². The summed E-state index contributed by atoms with van der Waals surface area (Å²) in [6.07, 6.45) is 3.64. The molecule has 1 aromatic carbocycles. The molecule has 264 valence electrons. The number of aryl methyl sites for hydroxylation is 1. The third kappa shape index (κ3) is 8.75. The number of nitrogens with zero attached hydrogens (tertiary/aromatic N) is 4. The molecule has 2 atom stereocenters. The number of nitrogens with one attached hydrogen (secondary N) is 2. The number of aromatic nitrogens is 1. The van der Waals surface area contributed by atoms with Gasteiger partial charge in [0.1, 0.15) is 23.5 Å². The van der Waals surface area contributed by atoms with Gasteiger partial charge in [-0.15, -0.1) is 0 Å². The van der Waals surface area contributed by atoms with Crippen molar-refractivity contribution in [2.24, 2.45) is 0 Å². The second-order valence-corrected chi connectivity index (χ2v) is 12.7. The molecule has 2 aliphatic heterocycles. The number of aliphatic carboxylic acids is 1. The van der Waals surface area contributed by atoms with Crippen LogP contribution >= 0.6 is 0 Å². The SMILES string of the molecule is CCOC(=O)N1CCN(C(=O)[C@H](CCC(=O)O)NC(=O)c2cc(OCC(=O)N3CC[C@H]3C(=O)NC3CCCC3)c3ccc(C)cc3n2)CC1. The van der Waals surface area contributed by atoms with Gasteiger partial charge in [-0.1, -0.05) is 18.9 Å². The Balaban J connectivity index is 1.28. The number of carboxylic acid groups (broad SMARTS) is 1. The molecule has 15 heteroatoms. The highest BCUT2D eigenvalue weighted by molar-refractivity contribution is 5.99. The molecule has 3 N–H and O–H groups in total. The van der Waals surface area contributed by atoms with Crippen LogP contribution in [0.1, 0.15) is 67.9 Å². The van der Waals surface area contributed by atoms with Crippen molar-refractivity contribution < 1.29 is 43.3 Å². The third-order valence-corrected chi connectivity index (χ3v) is 9.22. The smallest absolute Gasteiger partial charge is 0.409 e. The number of fused-ring (bicyclic) bond motifs is 1. The lowest BCUT2D eigenvalue weighted by Gasteiger charge is -2.40. The molecule has 3 aliphatic rings. The lowest BCUT2D eigenvalue weighted by molar-refractivity contribution is -0.149. The molecule has 49 heavy (non-hydrogen) atoms. The average molecular weight is 681 g/mol. The maximum Gasteiger partial charge on any atom is 0.409 e. The predicted octanol–water partition coefficient (Wildman–Crippen LogP) is 1.85. The summed E-state index contributed by atoms with van der Waals surface area (Å²) in [4.78, 5) is 85.6. The minimum absolute atomic E-state index is 0.0847. The zero-order valence-corrected chi connectivity index (χ0v) is 27.9. The van der Waals surface area contributed by atoms with Crippen LogP contribution in [0.5, 0.6) is 5.75 Å². The van der Waals surface area contributed by atoms with Gasteiger partial charge in [0.2, 0.25) is 11.8 Å². The van der Waals surface area contributed by atoms with Crippen molar-refractivity contribution in [1.82, 2.24) is 30.3 Å². The van der Waals surface area contributed by atoms with Crippen LogP contribution in [0, 0.1) is 6.92 Å². The van der Waals surface area contributed by atoms with E-state index >= 15 is 0 Å². The Hall–Kier alpha value is -4.95. The van der Waals surface area contributed by atoms with Crippen LogP contribution in [-0.4, -0.2) is 125 Å². The van der Waals surface area contributed by atoms with Gasteiger partial charge in [-0.2, -0.15) is 0 Å². The van der Waals surface area contributed by atoms with Crippen molar-refractivity contribution >= 4 is 46.6 Å². The topological polar surface area (TPSA) is 188 Å². The van der Waals surface area contributed by atoms with Crippen LogP contribution in [0.3, 0.4) is 0 Å². The number of rotatable bonds is 12. The summed E-state index contributed by atoms with van der Waals surface area (Å²) in [6, 6.07) is 5.21. The molecule has 0 unspecified atom stereocenters. The first kappa shape index (κ1) is 35.4. The van der Waals surface area contributed by atoms with E-state index in [4.69, 9.17) is 9.47 Å². The second-order valence-electron chi connectivity index (χ2n) is 12.7. The van der Waals surface area contributed by atoms with Gasteiger partial charge in [0, 0.05) is 56.6 Å². The van der Waals surface area contributed by atoms with Gasteiger partial charge in [0.25, 0.3) is 11.8 Å². The molecule has 5 rings (SSSR count). The van der Waals surface area contributed by atoms with Gasteiger partial charge in [0.05, 0.1) is 12.1 Å². The molecule has 2 aromatic rings. The van der Waals surface area contributed by atoms with Crippen LogP contribution in [0.25, 0.3) is 10.9 Å². The average Bonchev–Trinajstić information content (AvgIpc) is 3.57. The van der Waals surface area contributed by atoms with E-state index < -0.39 is 36.0 Å². The maximum atomic E-state index is 13.6. The third-order valence-electron chi connectivity index (χ3n) is 9.22. The molecular weight excluding hydrogens is 636 g/mol. The van der Waals surface area contributed by atoms with Crippen LogP contribution in [-0.2, 0) is 23.9 Å². The highest BCUT2D eigenvalue weighted by Crippen LogP contribution is 2.28. The summed E-state index contributed by atoms with van der Waals surface area (Å²) in [7, 11) is 0. The standard InChI is InChI=1S/C34H44N6O9/c1-3-48-34(47)39-16-14-38(15-17-39)33(46)24(10-11-30(42)43)37-31(44)26-19-28(23-9-8-21(2)18-25(23)36-26)49-20-29(41)40-13-12-27(40)32(45)35-22-6-4-5-7-22/h8-9,18-19,22,24,27H,3-7,10-17,20H2,1-2H3,(H,35,45)(H,37,44)(H,42,43)/t24-,27-/m0/s1. The summed E-state index contributed by atoms with van der Waals surface area (Å²) in [5.74, 6) is -2.61. The first-order valence-corrected chi connectivity index (χ1v) is 16.9. The van der Waals surface area contributed by atoms with E-state index in [9.17, 15) is 33.9 Å². The van der Waals surface area contributed by atoms with Gasteiger partial charge in [-0.3, -0.25) is 24.0 Å². The minimum Gasteiger partial charge on any atom is -0.483 e. The van der Waals surface area contributed by atoms with E-state index in [2.05, 4.69) is 15.6 Å². The molecule has 1 aliphatic carbocycles. The number of likely N-dealkylation sites (tertiary alicyclic amines) is 1. The number of pyridine rings is 1. The predicted molar refractivity (Wildman–Crippen MR) is 176 cm³/mol. The number of ether oxygens (including phenoxy) is 2. The Morgan fingerprint density at radius 3 is 2.35 bits per heavy atom. The maximum absolute atomic E-state index is 13.6. The van der Waals surface area contributed by atoms with Crippen molar-refractivity contribution in [2.75, 3.05) is 45.9 Å². The highest BCUT2D eigenvalue weighted by Gasteiger charge is 2.38. The van der Waals surface area contributed by atoms with Crippen LogP contribution < -0.4 is 15.4 Å². The zero-order chi connectivity index (χ0) is 35.1. The summed E-state index contributed by atoms with van der Waals surface area (Å²) < 4.78 is 11.0. The fraction of sp³-hybridized carbons (Fsp3) is 0.559. The number of carboxylic acids is 1. The zero-order valence-electron chi connectivity index (χ0n) is 27.9. The highest BCUT2D eigenvalue weighted by atomic mass is 16.6. The molecular formula is C34H44N6O9. The first-order valence-electron chi connectivity index (χ1n) is 16.9. The van der Waals surface area contributed by atoms with Crippen molar-refractivity contribution in [3.8, 4) is 5.75 Å². The Bertz CT molecular complexity index is 1590. The lowest BCUT2D eigenvalue weighted by Crippen LogP contribution is -2.60. The number of amides is 5. The molecule has 3 fully saturated rings. The van der Waals surface area contributed by atoms with Gasteiger partial charge < -0.3 is 39.9 Å². The number of carbonyl (C=O) groups is 6. The number of piperazine rings is 1. The van der Waals surface area contributed by atoms with Gasteiger partial charge >= 0.3 is 12.1 Å². The minimum atomic E-state index is -1.17. The van der Waals surface area contributed by atoms with E-state index in [1.807, 2.05) is 13.0 Å². The molecule has 5 amide bonds. The summed E-state index contributed by atoms with van der Waals surface area (Å²) in [6.45, 7) is 4.72. The van der Waals surface area contributed by atoms with Crippen LogP contribution in [0.15, 0.2) is 24.3 Å². The van der Waals surface area contributed by atoms with Crippen molar-refractivity contribution in [3.05, 3.63) is 35.5 Å². The normalized spacial score (nSPS) is 18.4. The molecule has 0 spiro atoms. The monoisotopic (exact) mass is 680 g/mol. The fourth-order valence-corrected chi connectivity index (χ4v) is 6.39. The Morgan fingerprint density at radius 1 is 0.980 bits per heavy atom. The summed E-state index contributed by atoms with van der Waals surface area (Å²) in [5.41, 5.74) is 1.21. The molecule has 0 radical (unpaired) electrons. The molecule has 3 heterocycles. The van der Waals surface area contributed by atoms with E-state index in [1.54, 1.807) is 19.1 Å². The molecule has 2 saturated heterocycles. The number of benzene rings is 1. The Kier molecular flexibility index (Phi) is 11.5. The molecule has 0 bridgehead atoms. The van der Waals surface area contributed by atoms with Crippen molar-refractivity contribution in [1.29, 1.82) is 0 Å². The fourth-order valence-electron chi connectivity index (χ4n) is 6.39. The van der Waals surface area contributed by atoms with Gasteiger partial charge in [0.15, 0.2) is 6.61 Å². The molecule has 1 saturated carbocycles. The second kappa shape index (κ2) is 16.0.